The molecule has 0 aliphatic carbocycles. The van der Waals surface area contributed by atoms with E-state index in [0.717, 1.165) is 18.5 Å². The topological polar surface area (TPSA) is 15.6 Å². The van der Waals surface area contributed by atoms with Crippen LogP contribution in [0.1, 0.15) is 36.1 Å². The van der Waals surface area contributed by atoms with Gasteiger partial charge in [0.2, 0.25) is 0 Å². The number of piperidine rings is 1. The fraction of sp³-hybridized carbons (Fsp3) is 0.208. The molecule has 2 nitrogen and oxygen atoms in total. The summed E-state index contributed by atoms with van der Waals surface area (Å²) in [5.41, 5.74) is 5.04. The van der Waals surface area contributed by atoms with E-state index in [1.165, 1.54) is 16.8 Å². The number of hydrogen-bond acceptors (Lipinski definition) is 2. The van der Waals surface area contributed by atoms with Gasteiger partial charge in [0.1, 0.15) is 0 Å². The zero-order valence-corrected chi connectivity index (χ0v) is 15.1. The number of benzene rings is 3. The summed E-state index contributed by atoms with van der Waals surface area (Å²) in [6.07, 6.45) is 1.94. The van der Waals surface area contributed by atoms with Crippen molar-refractivity contribution in [2.75, 3.05) is 7.05 Å². The van der Waals surface area contributed by atoms with Crippen molar-refractivity contribution in [2.24, 2.45) is 4.99 Å². The Morgan fingerprint density at radius 1 is 0.654 bits per heavy atom. The maximum Gasteiger partial charge on any atom is 0.0629 e. The zero-order chi connectivity index (χ0) is 17.8. The van der Waals surface area contributed by atoms with E-state index in [1.807, 2.05) is 6.07 Å². The van der Waals surface area contributed by atoms with E-state index in [4.69, 9.17) is 4.99 Å². The second-order valence-corrected chi connectivity index (χ2v) is 6.94. The number of aliphatic imine (C=N–C) groups is 1. The maximum absolute atomic E-state index is 4.99. The Morgan fingerprint density at radius 3 is 1.54 bits per heavy atom. The maximum atomic E-state index is 4.99. The Balaban J connectivity index is 1.72. The lowest BCUT2D eigenvalue weighted by atomic mass is 9.87. The van der Waals surface area contributed by atoms with Crippen molar-refractivity contribution in [2.45, 2.75) is 24.9 Å². The van der Waals surface area contributed by atoms with E-state index >= 15 is 0 Å². The molecule has 0 saturated carbocycles. The highest BCUT2D eigenvalue weighted by atomic mass is 15.2. The molecular formula is C24H24N2. The first-order valence-corrected chi connectivity index (χ1v) is 9.24. The fourth-order valence-corrected chi connectivity index (χ4v) is 3.87. The summed E-state index contributed by atoms with van der Waals surface area (Å²) >= 11 is 0. The van der Waals surface area contributed by atoms with Gasteiger partial charge in [-0.2, -0.15) is 0 Å². The van der Waals surface area contributed by atoms with Gasteiger partial charge in [-0.3, -0.25) is 9.89 Å². The Hall–Kier alpha value is -2.71. The van der Waals surface area contributed by atoms with Crippen LogP contribution in [0, 0.1) is 0 Å². The van der Waals surface area contributed by atoms with Gasteiger partial charge in [-0.15, -0.1) is 0 Å². The van der Waals surface area contributed by atoms with Crippen molar-refractivity contribution in [3.05, 3.63) is 102 Å². The van der Waals surface area contributed by atoms with Crippen LogP contribution >= 0.6 is 0 Å². The minimum atomic E-state index is 0.345. The summed E-state index contributed by atoms with van der Waals surface area (Å²) in [5.74, 6) is 0. The third-order valence-electron chi connectivity index (χ3n) is 5.25. The summed E-state index contributed by atoms with van der Waals surface area (Å²) in [5, 5.41) is 0. The number of likely N-dealkylation sites (tertiary alicyclic amines) is 1. The van der Waals surface area contributed by atoms with Gasteiger partial charge in [0, 0.05) is 30.6 Å². The average molecular weight is 340 g/mol. The van der Waals surface area contributed by atoms with Crippen LogP contribution in [0.25, 0.3) is 0 Å². The Morgan fingerprint density at radius 2 is 1.08 bits per heavy atom. The first-order valence-electron chi connectivity index (χ1n) is 9.24. The van der Waals surface area contributed by atoms with Crippen LogP contribution in [-0.4, -0.2) is 17.7 Å². The van der Waals surface area contributed by atoms with Crippen molar-refractivity contribution < 1.29 is 0 Å². The van der Waals surface area contributed by atoms with Crippen LogP contribution in [0.2, 0.25) is 0 Å². The number of hydrogen-bond donors (Lipinski definition) is 0. The molecule has 1 aliphatic heterocycles. The van der Waals surface area contributed by atoms with Gasteiger partial charge in [-0.25, -0.2) is 0 Å². The molecule has 3 aromatic rings. The van der Waals surface area contributed by atoms with Gasteiger partial charge in [-0.1, -0.05) is 78.9 Å². The van der Waals surface area contributed by atoms with Crippen molar-refractivity contribution in [3.63, 3.8) is 0 Å². The molecule has 3 aromatic carbocycles. The molecule has 0 aromatic heterocycles. The van der Waals surface area contributed by atoms with Gasteiger partial charge in [0.25, 0.3) is 0 Å². The Labute approximate surface area is 155 Å². The van der Waals surface area contributed by atoms with Gasteiger partial charge >= 0.3 is 0 Å². The molecule has 1 saturated heterocycles. The first kappa shape index (κ1) is 16.7. The van der Waals surface area contributed by atoms with E-state index in [-0.39, 0.29) is 0 Å². The van der Waals surface area contributed by atoms with Crippen LogP contribution in [0.4, 0.5) is 5.69 Å². The van der Waals surface area contributed by atoms with Crippen LogP contribution in [0.3, 0.4) is 0 Å². The predicted octanol–water partition coefficient (Wildman–Crippen LogP) is 5.97. The van der Waals surface area contributed by atoms with E-state index in [9.17, 15) is 0 Å². The highest BCUT2D eigenvalue weighted by Gasteiger charge is 2.32. The van der Waals surface area contributed by atoms with Crippen LogP contribution in [0.5, 0.6) is 0 Å². The molecule has 2 heteroatoms. The predicted molar refractivity (Wildman–Crippen MR) is 109 cm³/mol. The lowest BCUT2D eigenvalue weighted by Gasteiger charge is -2.41. The van der Waals surface area contributed by atoms with Gasteiger partial charge in [0.15, 0.2) is 0 Å². The highest BCUT2D eigenvalue weighted by Crippen LogP contribution is 2.39. The molecule has 2 unspecified atom stereocenters. The van der Waals surface area contributed by atoms with E-state index in [1.54, 1.807) is 0 Å². The van der Waals surface area contributed by atoms with Crippen molar-refractivity contribution in [1.82, 2.24) is 4.90 Å². The summed E-state index contributed by atoms with van der Waals surface area (Å²) in [6.45, 7) is 0. The second kappa shape index (κ2) is 7.67. The van der Waals surface area contributed by atoms with Crippen LogP contribution < -0.4 is 0 Å². The molecule has 0 bridgehead atoms. The van der Waals surface area contributed by atoms with Crippen LogP contribution in [0.15, 0.2) is 96.0 Å². The minimum Gasteiger partial charge on any atom is -0.292 e. The van der Waals surface area contributed by atoms with Gasteiger partial charge < -0.3 is 0 Å². The SMILES string of the molecule is CN1C(c2ccccc2)CC(=Nc2ccccc2)CC1c1ccccc1. The molecule has 0 amide bonds. The number of nitrogens with zero attached hydrogens (tertiary/aromatic N) is 2. The largest absolute Gasteiger partial charge is 0.292 e. The van der Waals surface area contributed by atoms with E-state index in [2.05, 4.69) is 96.9 Å². The third-order valence-corrected chi connectivity index (χ3v) is 5.25. The van der Waals surface area contributed by atoms with Crippen molar-refractivity contribution in [3.8, 4) is 0 Å². The summed E-state index contributed by atoms with van der Waals surface area (Å²) in [7, 11) is 2.24. The smallest absolute Gasteiger partial charge is 0.0629 e. The average Bonchev–Trinajstić information content (AvgIpc) is 2.71. The second-order valence-electron chi connectivity index (χ2n) is 6.94. The van der Waals surface area contributed by atoms with Crippen molar-refractivity contribution in [1.29, 1.82) is 0 Å². The molecule has 26 heavy (non-hydrogen) atoms. The monoisotopic (exact) mass is 340 g/mol. The normalized spacial score (nSPS) is 20.7. The van der Waals surface area contributed by atoms with Crippen LogP contribution in [-0.2, 0) is 0 Å². The molecule has 4 rings (SSSR count). The van der Waals surface area contributed by atoms with Crippen molar-refractivity contribution >= 4 is 11.4 Å². The quantitative estimate of drug-likeness (QED) is 0.574. The molecular weight excluding hydrogens is 316 g/mol. The van der Waals surface area contributed by atoms with Gasteiger partial charge in [0.05, 0.1) is 5.69 Å². The third kappa shape index (κ3) is 3.61. The summed E-state index contributed by atoms with van der Waals surface area (Å²) in [4.78, 5) is 7.50. The molecule has 1 aliphatic rings. The molecule has 0 spiro atoms. The molecule has 1 fully saturated rings. The molecule has 1 heterocycles. The Bertz CT molecular complexity index is 805. The molecule has 0 N–H and O–H groups in total. The highest BCUT2D eigenvalue weighted by molar-refractivity contribution is 5.89. The standard InChI is InChI=1S/C24H24N2/c1-26-23(19-11-5-2-6-12-19)17-22(25-21-15-9-4-10-16-21)18-24(26)20-13-7-3-8-14-20/h2-16,23-24H,17-18H2,1H3. The van der Waals surface area contributed by atoms with Gasteiger partial charge in [-0.05, 0) is 30.3 Å². The number of para-hydroxylation sites is 1. The summed E-state index contributed by atoms with van der Waals surface area (Å²) in [6, 6.07) is 32.6. The molecule has 2 atom stereocenters. The lowest BCUT2D eigenvalue weighted by Crippen LogP contribution is -2.37. The molecule has 0 radical (unpaired) electrons. The number of rotatable bonds is 3. The lowest BCUT2D eigenvalue weighted by molar-refractivity contribution is 0.163. The minimum absolute atomic E-state index is 0.345. The Kier molecular flexibility index (Phi) is 4.94. The zero-order valence-electron chi connectivity index (χ0n) is 15.1. The first-order chi connectivity index (χ1) is 12.8. The summed E-state index contributed by atoms with van der Waals surface area (Å²) < 4.78 is 0. The van der Waals surface area contributed by atoms with E-state index in [0.29, 0.717) is 12.1 Å². The molecule has 130 valence electrons. The van der Waals surface area contributed by atoms with E-state index < -0.39 is 0 Å². The fourth-order valence-electron chi connectivity index (χ4n) is 3.87.